The van der Waals surface area contributed by atoms with Gasteiger partial charge in [0.05, 0.1) is 16.3 Å². The number of nitrogens with zero attached hydrogens (tertiary/aromatic N) is 3. The van der Waals surface area contributed by atoms with E-state index in [0.29, 0.717) is 22.6 Å². The van der Waals surface area contributed by atoms with Crippen molar-refractivity contribution in [3.05, 3.63) is 70.0 Å². The maximum Gasteiger partial charge on any atom is 0.269 e. The maximum absolute atomic E-state index is 11.1. The highest BCUT2D eigenvalue weighted by Crippen LogP contribution is 2.27. The fourth-order valence-electron chi connectivity index (χ4n) is 2.44. The number of carbonyl (C=O) groups excluding carboxylic acids is 1. The Morgan fingerprint density at radius 1 is 1.25 bits per heavy atom. The minimum absolute atomic E-state index is 0.00702. The first-order valence-corrected chi connectivity index (χ1v) is 7.17. The number of benzene rings is 1. The molecule has 2 N–H and O–H groups in total. The third kappa shape index (κ3) is 2.87. The minimum atomic E-state index is -0.563. The number of pyridine rings is 1. The van der Waals surface area contributed by atoms with Crippen molar-refractivity contribution >= 4 is 23.3 Å². The number of imidazole rings is 1. The molecule has 7 nitrogen and oxygen atoms in total. The van der Waals surface area contributed by atoms with Crippen molar-refractivity contribution in [3.8, 4) is 11.3 Å². The number of amides is 1. The number of non-ortho nitro benzene ring substituents is 1. The molecule has 2 aromatic heterocycles. The standard InChI is InChI=1S/C17H14N4O3/c1-11-2-9-16-19-17(12-3-5-13(6-4-12)21(23)24)14(20(16)10-11)7-8-15(18)22/h2-10H,1H3,(H2,18,22)/b8-7-. The molecule has 0 fully saturated rings. The Labute approximate surface area is 137 Å². The predicted molar refractivity (Wildman–Crippen MR) is 90.2 cm³/mol. The van der Waals surface area contributed by atoms with Crippen molar-refractivity contribution < 1.29 is 9.72 Å². The van der Waals surface area contributed by atoms with Gasteiger partial charge in [-0.3, -0.25) is 19.3 Å². The van der Waals surface area contributed by atoms with Crippen LogP contribution >= 0.6 is 0 Å². The van der Waals surface area contributed by atoms with Gasteiger partial charge in [0.25, 0.3) is 5.69 Å². The fourth-order valence-corrected chi connectivity index (χ4v) is 2.44. The van der Waals surface area contributed by atoms with E-state index in [1.165, 1.54) is 18.2 Å². The van der Waals surface area contributed by atoms with Crippen molar-refractivity contribution in [1.82, 2.24) is 9.38 Å². The molecule has 0 aliphatic carbocycles. The molecule has 1 aromatic carbocycles. The molecule has 0 saturated carbocycles. The topological polar surface area (TPSA) is 104 Å². The van der Waals surface area contributed by atoms with Gasteiger partial charge in [-0.2, -0.15) is 0 Å². The van der Waals surface area contributed by atoms with Gasteiger partial charge in [-0.05, 0) is 36.8 Å². The van der Waals surface area contributed by atoms with E-state index in [-0.39, 0.29) is 5.69 Å². The molecule has 3 rings (SSSR count). The zero-order chi connectivity index (χ0) is 17.3. The number of nitro groups is 1. The Morgan fingerprint density at radius 3 is 2.58 bits per heavy atom. The molecular weight excluding hydrogens is 308 g/mol. The Balaban J connectivity index is 2.20. The minimum Gasteiger partial charge on any atom is -0.366 e. The van der Waals surface area contributed by atoms with Gasteiger partial charge in [0, 0.05) is 30.0 Å². The summed E-state index contributed by atoms with van der Waals surface area (Å²) in [6.07, 6.45) is 4.76. The number of rotatable bonds is 4. The van der Waals surface area contributed by atoms with E-state index >= 15 is 0 Å². The van der Waals surface area contributed by atoms with E-state index in [1.54, 1.807) is 18.2 Å². The number of primary amides is 1. The number of aromatic nitrogens is 2. The zero-order valence-electron chi connectivity index (χ0n) is 12.8. The average Bonchev–Trinajstić information content (AvgIpc) is 2.90. The van der Waals surface area contributed by atoms with Crippen LogP contribution in [0.25, 0.3) is 23.0 Å². The van der Waals surface area contributed by atoms with Crippen molar-refractivity contribution in [2.75, 3.05) is 0 Å². The molecule has 0 spiro atoms. The SMILES string of the molecule is Cc1ccc2nc(-c3ccc([N+](=O)[O-])cc3)c(/C=C\C(N)=O)n2c1. The van der Waals surface area contributed by atoms with Crippen LogP contribution in [0.5, 0.6) is 0 Å². The molecule has 24 heavy (non-hydrogen) atoms. The van der Waals surface area contributed by atoms with Gasteiger partial charge in [0.15, 0.2) is 0 Å². The summed E-state index contributed by atoms with van der Waals surface area (Å²) in [5.74, 6) is -0.563. The van der Waals surface area contributed by atoms with Gasteiger partial charge >= 0.3 is 0 Å². The third-order valence-electron chi connectivity index (χ3n) is 3.56. The monoisotopic (exact) mass is 322 g/mol. The summed E-state index contributed by atoms with van der Waals surface area (Å²) < 4.78 is 1.85. The summed E-state index contributed by atoms with van der Waals surface area (Å²) in [5.41, 5.74) is 8.95. The number of fused-ring (bicyclic) bond motifs is 1. The molecule has 0 unspecified atom stereocenters. The molecule has 3 aromatic rings. The maximum atomic E-state index is 11.1. The molecule has 0 aliphatic heterocycles. The largest absolute Gasteiger partial charge is 0.366 e. The van der Waals surface area contributed by atoms with Crippen LogP contribution in [0, 0.1) is 17.0 Å². The summed E-state index contributed by atoms with van der Waals surface area (Å²) in [6, 6.07) is 9.91. The van der Waals surface area contributed by atoms with Gasteiger partial charge < -0.3 is 5.73 Å². The second kappa shape index (κ2) is 5.96. The molecule has 0 atom stereocenters. The lowest BCUT2D eigenvalue weighted by atomic mass is 10.1. The number of carbonyl (C=O) groups is 1. The molecule has 120 valence electrons. The first-order chi connectivity index (χ1) is 11.5. The summed E-state index contributed by atoms with van der Waals surface area (Å²) >= 11 is 0. The number of hydrogen-bond donors (Lipinski definition) is 1. The summed E-state index contributed by atoms with van der Waals surface area (Å²) in [5, 5.41) is 10.8. The second-order valence-electron chi connectivity index (χ2n) is 5.32. The number of hydrogen-bond acceptors (Lipinski definition) is 4. The van der Waals surface area contributed by atoms with Crippen LogP contribution in [0.15, 0.2) is 48.7 Å². The van der Waals surface area contributed by atoms with Crippen molar-refractivity contribution in [2.45, 2.75) is 6.92 Å². The van der Waals surface area contributed by atoms with Crippen molar-refractivity contribution in [1.29, 1.82) is 0 Å². The van der Waals surface area contributed by atoms with Gasteiger partial charge in [0.2, 0.25) is 5.91 Å². The average molecular weight is 322 g/mol. The van der Waals surface area contributed by atoms with E-state index in [4.69, 9.17) is 5.73 Å². The number of aryl methyl sites for hydroxylation is 1. The Bertz CT molecular complexity index is 971. The van der Waals surface area contributed by atoms with E-state index < -0.39 is 10.8 Å². The van der Waals surface area contributed by atoms with E-state index in [9.17, 15) is 14.9 Å². The first kappa shape index (κ1) is 15.4. The first-order valence-electron chi connectivity index (χ1n) is 7.17. The second-order valence-corrected chi connectivity index (χ2v) is 5.32. The van der Waals surface area contributed by atoms with Crippen LogP contribution in [0.3, 0.4) is 0 Å². The van der Waals surface area contributed by atoms with Crippen LogP contribution < -0.4 is 5.73 Å². The zero-order valence-corrected chi connectivity index (χ0v) is 12.8. The van der Waals surface area contributed by atoms with E-state index in [2.05, 4.69) is 4.98 Å². The van der Waals surface area contributed by atoms with Crippen LogP contribution in [0.2, 0.25) is 0 Å². The van der Waals surface area contributed by atoms with Crippen LogP contribution in [0.4, 0.5) is 5.69 Å². The number of nitro benzene ring substituents is 1. The third-order valence-corrected chi connectivity index (χ3v) is 3.56. The normalized spacial score (nSPS) is 11.2. The lowest BCUT2D eigenvalue weighted by molar-refractivity contribution is -0.384. The quantitative estimate of drug-likeness (QED) is 0.453. The summed E-state index contributed by atoms with van der Waals surface area (Å²) in [4.78, 5) is 26.0. The highest BCUT2D eigenvalue weighted by atomic mass is 16.6. The van der Waals surface area contributed by atoms with E-state index in [1.807, 2.05) is 29.7 Å². The van der Waals surface area contributed by atoms with Crippen molar-refractivity contribution in [2.24, 2.45) is 5.73 Å². The molecule has 1 amide bonds. The Hall–Kier alpha value is -3.48. The molecular formula is C17H14N4O3. The lowest BCUT2D eigenvalue weighted by Crippen LogP contribution is -2.05. The highest BCUT2D eigenvalue weighted by Gasteiger charge is 2.14. The molecule has 7 heteroatoms. The van der Waals surface area contributed by atoms with E-state index in [0.717, 1.165) is 5.56 Å². The molecule has 0 saturated heterocycles. The van der Waals surface area contributed by atoms with Crippen molar-refractivity contribution in [3.63, 3.8) is 0 Å². The van der Waals surface area contributed by atoms with Crippen LogP contribution in [0.1, 0.15) is 11.3 Å². The highest BCUT2D eigenvalue weighted by molar-refractivity contribution is 5.91. The van der Waals surface area contributed by atoms with Gasteiger partial charge in [-0.1, -0.05) is 6.07 Å². The molecule has 0 aliphatic rings. The smallest absolute Gasteiger partial charge is 0.269 e. The fraction of sp³-hybridized carbons (Fsp3) is 0.0588. The summed E-state index contributed by atoms with van der Waals surface area (Å²) in [6.45, 7) is 1.95. The predicted octanol–water partition coefficient (Wildman–Crippen LogP) is 2.72. The van der Waals surface area contributed by atoms with Gasteiger partial charge in [-0.15, -0.1) is 0 Å². The van der Waals surface area contributed by atoms with Crippen LogP contribution in [-0.2, 0) is 4.79 Å². The molecule has 0 radical (unpaired) electrons. The van der Waals surface area contributed by atoms with Gasteiger partial charge in [-0.25, -0.2) is 4.98 Å². The molecule has 0 bridgehead atoms. The Kier molecular flexibility index (Phi) is 3.83. The lowest BCUT2D eigenvalue weighted by Gasteiger charge is -2.01. The van der Waals surface area contributed by atoms with Crippen LogP contribution in [-0.4, -0.2) is 20.2 Å². The van der Waals surface area contributed by atoms with Gasteiger partial charge in [0.1, 0.15) is 5.65 Å². The summed E-state index contributed by atoms with van der Waals surface area (Å²) in [7, 11) is 0. The number of nitrogens with two attached hydrogens (primary N) is 1. The Morgan fingerprint density at radius 2 is 1.96 bits per heavy atom. The molecule has 2 heterocycles.